The number of nitriles is 2. The Labute approximate surface area is 328 Å². The minimum absolute atomic E-state index is 0.00243. The number of hydrogen-bond acceptors (Lipinski definition) is 14. The van der Waals surface area contributed by atoms with Crippen molar-refractivity contribution >= 4 is 23.3 Å². The average molecular weight is 766 g/mol. The summed E-state index contributed by atoms with van der Waals surface area (Å²) in [4.78, 5) is 18.7. The molecule has 0 amide bonds. The van der Waals surface area contributed by atoms with Gasteiger partial charge in [0.1, 0.15) is 47.4 Å². The largest absolute Gasteiger partial charge is 0.496 e. The number of nitrogens with two attached hydrogens (primary N) is 1. The Bertz CT molecular complexity index is 2400. The normalized spacial score (nSPS) is 18.9. The van der Waals surface area contributed by atoms with E-state index in [1.54, 1.807) is 7.11 Å². The number of anilines is 4. The molecule has 288 valence electrons. The molecule has 17 nitrogen and oxygen atoms in total. The fourth-order valence-electron chi connectivity index (χ4n) is 7.25. The zero-order chi connectivity index (χ0) is 39.1. The number of rotatable bonds is 13. The number of aromatic amines is 2. The van der Waals surface area contributed by atoms with E-state index >= 15 is 0 Å². The SMILES string of the molecule is COc1cccc(O[C@@H]2CCC[C@H](N)C2)c1-c1cc(Nc2cnc(C#N)cn2)[n+](N[C@@H]2CC[C@H](Oc3ccccc3-c3cc(Nc4cnc(C#N)cn4)n[nH]3)C2)[nH]1. The number of methoxy groups -OCH3 is 1. The van der Waals surface area contributed by atoms with Crippen LogP contribution in [0.3, 0.4) is 0 Å². The van der Waals surface area contributed by atoms with Crippen LogP contribution in [0.2, 0.25) is 0 Å². The highest BCUT2D eigenvalue weighted by Crippen LogP contribution is 2.40. The summed E-state index contributed by atoms with van der Waals surface area (Å²) >= 11 is 0. The number of H-pyrrole nitrogens is 2. The van der Waals surface area contributed by atoms with Gasteiger partial charge in [-0.25, -0.2) is 35.8 Å². The predicted molar refractivity (Wildman–Crippen MR) is 209 cm³/mol. The highest BCUT2D eigenvalue weighted by Gasteiger charge is 2.31. The molecule has 4 heterocycles. The first kappa shape index (κ1) is 36.7. The Balaban J connectivity index is 1.01. The molecule has 17 heteroatoms. The van der Waals surface area contributed by atoms with Crippen molar-refractivity contribution in [2.45, 2.75) is 69.2 Å². The first-order chi connectivity index (χ1) is 27.9. The molecule has 0 aliphatic heterocycles. The van der Waals surface area contributed by atoms with E-state index in [4.69, 9.17) is 25.2 Å². The van der Waals surface area contributed by atoms with Crippen molar-refractivity contribution in [1.29, 1.82) is 10.5 Å². The molecule has 4 aromatic heterocycles. The zero-order valence-corrected chi connectivity index (χ0v) is 31.1. The molecule has 8 rings (SSSR count). The van der Waals surface area contributed by atoms with Crippen LogP contribution in [-0.4, -0.2) is 66.6 Å². The number of para-hydroxylation sites is 1. The van der Waals surface area contributed by atoms with Gasteiger partial charge >= 0.3 is 5.82 Å². The minimum atomic E-state index is -0.0648. The number of nitrogens with one attached hydrogen (secondary N) is 5. The lowest BCUT2D eigenvalue weighted by Gasteiger charge is -2.28. The fraction of sp³-hybridized carbons (Fsp3) is 0.300. The van der Waals surface area contributed by atoms with Gasteiger partial charge in [0, 0.05) is 24.1 Å². The molecule has 2 aliphatic carbocycles. The monoisotopic (exact) mass is 765 g/mol. The van der Waals surface area contributed by atoms with Crippen LogP contribution in [0.4, 0.5) is 23.3 Å². The second kappa shape index (κ2) is 16.6. The maximum absolute atomic E-state index is 9.26. The number of benzene rings is 2. The third-order valence-electron chi connectivity index (χ3n) is 9.98. The molecule has 6 aromatic rings. The van der Waals surface area contributed by atoms with Gasteiger partial charge < -0.3 is 25.3 Å². The van der Waals surface area contributed by atoms with Crippen LogP contribution >= 0.6 is 0 Å². The van der Waals surface area contributed by atoms with Gasteiger partial charge in [-0.15, -0.1) is 0 Å². The van der Waals surface area contributed by atoms with Crippen LogP contribution in [0.25, 0.3) is 22.5 Å². The highest BCUT2D eigenvalue weighted by molar-refractivity contribution is 5.76. The van der Waals surface area contributed by atoms with E-state index in [0.29, 0.717) is 34.8 Å². The smallest absolute Gasteiger partial charge is 0.326 e. The molecule has 2 fully saturated rings. The Kier molecular flexibility index (Phi) is 10.7. The Morgan fingerprint density at radius 2 is 1.47 bits per heavy atom. The lowest BCUT2D eigenvalue weighted by Crippen LogP contribution is -2.52. The van der Waals surface area contributed by atoms with E-state index < -0.39 is 0 Å². The molecule has 2 aliphatic rings. The molecule has 57 heavy (non-hydrogen) atoms. The molecule has 0 unspecified atom stereocenters. The molecule has 0 radical (unpaired) electrons. The first-order valence-corrected chi connectivity index (χ1v) is 18.8. The number of aromatic nitrogens is 8. The summed E-state index contributed by atoms with van der Waals surface area (Å²) in [5.74, 6) is 4.23. The van der Waals surface area contributed by atoms with Crippen LogP contribution in [0.1, 0.15) is 56.3 Å². The van der Waals surface area contributed by atoms with Crippen LogP contribution in [0, 0.1) is 22.7 Å². The Hall–Kier alpha value is -7.24. The van der Waals surface area contributed by atoms with Crippen molar-refractivity contribution in [1.82, 2.24) is 35.2 Å². The quantitative estimate of drug-likeness (QED) is 0.0811. The number of ether oxygens (including phenoxy) is 3. The van der Waals surface area contributed by atoms with Gasteiger partial charge in [-0.3, -0.25) is 5.10 Å². The first-order valence-electron chi connectivity index (χ1n) is 18.8. The van der Waals surface area contributed by atoms with Gasteiger partial charge in [-0.2, -0.15) is 15.6 Å². The van der Waals surface area contributed by atoms with Crippen molar-refractivity contribution in [2.24, 2.45) is 5.73 Å². The minimum Gasteiger partial charge on any atom is -0.496 e. The zero-order valence-electron chi connectivity index (χ0n) is 31.1. The Morgan fingerprint density at radius 1 is 0.754 bits per heavy atom. The van der Waals surface area contributed by atoms with E-state index in [9.17, 15) is 5.26 Å². The third-order valence-corrected chi connectivity index (χ3v) is 9.98. The molecule has 0 bridgehead atoms. The molecule has 7 N–H and O–H groups in total. The van der Waals surface area contributed by atoms with Crippen LogP contribution in [-0.2, 0) is 0 Å². The molecule has 0 spiro atoms. The topological polar surface area (TPSA) is 237 Å². The van der Waals surface area contributed by atoms with Crippen molar-refractivity contribution in [3.8, 4) is 51.9 Å². The summed E-state index contributed by atoms with van der Waals surface area (Å²) in [6, 6.07) is 21.6. The van der Waals surface area contributed by atoms with E-state index in [1.165, 1.54) is 24.8 Å². The van der Waals surface area contributed by atoms with Crippen molar-refractivity contribution in [3.05, 3.63) is 90.8 Å². The van der Waals surface area contributed by atoms with Gasteiger partial charge in [0.2, 0.25) is 5.82 Å². The summed E-state index contributed by atoms with van der Waals surface area (Å²) in [7, 11) is 1.64. The van der Waals surface area contributed by atoms with E-state index in [-0.39, 0.29) is 35.7 Å². The second-order valence-electron chi connectivity index (χ2n) is 14.0. The summed E-state index contributed by atoms with van der Waals surface area (Å²) in [5, 5.41) is 35.7. The summed E-state index contributed by atoms with van der Waals surface area (Å²) in [6.07, 6.45) is 11.9. The summed E-state index contributed by atoms with van der Waals surface area (Å²) < 4.78 is 19.1. The molecular weight excluding hydrogens is 725 g/mol. The lowest BCUT2D eigenvalue weighted by molar-refractivity contribution is -0.695. The maximum atomic E-state index is 9.26. The molecular formula is C40H41N14O3+. The standard InChI is InChI=1S/C40H40N14O3/c1-55-34-10-5-11-35(57-28-7-4-6-24(43)14-28)40(34)32-17-39(49-38-23-45-27(19-42)21-47-38)54(53-32)52-25-12-13-29(15-25)56-33-9-3-2-8-30(33)31-16-36(51-50-31)48-37-22-44-26(18-41)20-46-37/h2-3,5,8-11,16-17,20-25,28-29,52H,4,6-7,12-15,43H2,1H3,(H3,44,45,46,47,48,49,50,51,53)/p+1/t24-,25+,28+,29-/m0/s1. The van der Waals surface area contributed by atoms with Crippen molar-refractivity contribution in [2.75, 3.05) is 23.2 Å². The van der Waals surface area contributed by atoms with Crippen molar-refractivity contribution in [3.63, 3.8) is 0 Å². The van der Waals surface area contributed by atoms with E-state index in [1.807, 2.05) is 71.5 Å². The Morgan fingerprint density at radius 3 is 2.21 bits per heavy atom. The van der Waals surface area contributed by atoms with Gasteiger partial charge in [0.15, 0.2) is 17.2 Å². The predicted octanol–water partition coefficient (Wildman–Crippen LogP) is 5.37. The molecule has 2 saturated carbocycles. The van der Waals surface area contributed by atoms with E-state index in [0.717, 1.165) is 73.2 Å². The number of hydrogen-bond donors (Lipinski definition) is 6. The molecule has 0 saturated heterocycles. The third kappa shape index (κ3) is 8.54. The summed E-state index contributed by atoms with van der Waals surface area (Å²) in [6.45, 7) is 0. The van der Waals surface area contributed by atoms with Gasteiger partial charge in [-0.1, -0.05) is 23.0 Å². The fourth-order valence-corrected chi connectivity index (χ4v) is 7.25. The molecule has 4 atom stereocenters. The van der Waals surface area contributed by atoms with Crippen LogP contribution in [0.5, 0.6) is 17.2 Å². The van der Waals surface area contributed by atoms with E-state index in [2.05, 4.69) is 51.3 Å². The average Bonchev–Trinajstić information content (AvgIpc) is 3.99. The van der Waals surface area contributed by atoms with Gasteiger partial charge in [-0.05, 0) is 62.8 Å². The molecule has 2 aromatic carbocycles. The number of nitrogens with zero attached hydrogens (tertiary/aromatic N) is 8. The van der Waals surface area contributed by atoms with Crippen LogP contribution in [0.15, 0.2) is 79.4 Å². The lowest BCUT2D eigenvalue weighted by atomic mass is 9.93. The summed E-state index contributed by atoms with van der Waals surface area (Å²) in [5.41, 5.74) is 13.6. The van der Waals surface area contributed by atoms with Gasteiger partial charge in [0.25, 0.3) is 0 Å². The van der Waals surface area contributed by atoms with Crippen molar-refractivity contribution < 1.29 is 19.0 Å². The van der Waals surface area contributed by atoms with Gasteiger partial charge in [0.05, 0.1) is 61.0 Å². The second-order valence-corrected chi connectivity index (χ2v) is 14.0. The highest BCUT2D eigenvalue weighted by atomic mass is 16.5. The van der Waals surface area contributed by atoms with Crippen LogP contribution < -0.4 is 40.8 Å². The maximum Gasteiger partial charge on any atom is 0.326 e.